The summed E-state index contributed by atoms with van der Waals surface area (Å²) in [7, 11) is 0. The molecule has 3 nitrogen and oxygen atoms in total. The highest BCUT2D eigenvalue weighted by Gasteiger charge is 2.08. The van der Waals surface area contributed by atoms with Crippen LogP contribution in [0.25, 0.3) is 11.0 Å². The molecule has 80 valence electrons. The number of halogens is 1. The topological polar surface area (TPSA) is 52.0 Å². The van der Waals surface area contributed by atoms with Gasteiger partial charge in [0, 0.05) is 5.39 Å². The smallest absolute Gasteiger partial charge is 0.185 e. The van der Waals surface area contributed by atoms with Gasteiger partial charge in [0.15, 0.2) is 5.58 Å². The standard InChI is InChI=1S/C11H13ClN2O/c1-7(5-13)2-8-3-9-6-14-15-11(9)10(12)4-8/h3-4,6-7H,2,5,13H2,1H3. The molecule has 0 spiro atoms. The number of hydrogen-bond acceptors (Lipinski definition) is 3. The molecule has 0 aliphatic rings. The van der Waals surface area contributed by atoms with Crippen LogP contribution in [-0.4, -0.2) is 11.7 Å². The lowest BCUT2D eigenvalue weighted by atomic mass is 10.0. The highest BCUT2D eigenvalue weighted by molar-refractivity contribution is 6.34. The van der Waals surface area contributed by atoms with Crippen LogP contribution in [0.4, 0.5) is 0 Å². The Balaban J connectivity index is 2.36. The first-order valence-electron chi connectivity index (χ1n) is 4.93. The molecule has 0 saturated carbocycles. The minimum Gasteiger partial charge on any atom is -0.355 e. The Kier molecular flexibility index (Phi) is 2.93. The molecule has 0 saturated heterocycles. The molecule has 1 heterocycles. The van der Waals surface area contributed by atoms with Crippen molar-refractivity contribution < 1.29 is 4.52 Å². The predicted octanol–water partition coefficient (Wildman–Crippen LogP) is 2.62. The third-order valence-corrected chi connectivity index (χ3v) is 2.74. The van der Waals surface area contributed by atoms with Crippen LogP contribution >= 0.6 is 11.6 Å². The number of aromatic nitrogens is 1. The van der Waals surface area contributed by atoms with Gasteiger partial charge >= 0.3 is 0 Å². The average Bonchev–Trinajstić information content (AvgIpc) is 2.66. The van der Waals surface area contributed by atoms with Crippen molar-refractivity contribution in [3.63, 3.8) is 0 Å². The molecule has 2 N–H and O–H groups in total. The number of benzene rings is 1. The number of rotatable bonds is 3. The molecular formula is C11H13ClN2O. The Labute approximate surface area is 93.2 Å². The van der Waals surface area contributed by atoms with Crippen molar-refractivity contribution >= 4 is 22.6 Å². The molecule has 0 aliphatic heterocycles. The van der Waals surface area contributed by atoms with E-state index >= 15 is 0 Å². The van der Waals surface area contributed by atoms with E-state index in [9.17, 15) is 0 Å². The van der Waals surface area contributed by atoms with Crippen LogP contribution in [-0.2, 0) is 6.42 Å². The van der Waals surface area contributed by atoms with E-state index in [2.05, 4.69) is 12.1 Å². The quantitative estimate of drug-likeness (QED) is 0.872. The van der Waals surface area contributed by atoms with E-state index in [4.69, 9.17) is 21.9 Å². The van der Waals surface area contributed by atoms with Gasteiger partial charge in [-0.05, 0) is 36.6 Å². The van der Waals surface area contributed by atoms with Crippen molar-refractivity contribution in [2.75, 3.05) is 6.54 Å². The third kappa shape index (κ3) is 2.13. The van der Waals surface area contributed by atoms with Crippen LogP contribution < -0.4 is 5.73 Å². The maximum atomic E-state index is 6.07. The summed E-state index contributed by atoms with van der Waals surface area (Å²) >= 11 is 6.07. The van der Waals surface area contributed by atoms with Gasteiger partial charge in [0.25, 0.3) is 0 Å². The molecule has 0 bridgehead atoms. The van der Waals surface area contributed by atoms with Crippen LogP contribution in [0.15, 0.2) is 22.9 Å². The van der Waals surface area contributed by atoms with Crippen LogP contribution in [0.5, 0.6) is 0 Å². The summed E-state index contributed by atoms with van der Waals surface area (Å²) in [4.78, 5) is 0. The molecule has 2 aromatic rings. The molecule has 1 unspecified atom stereocenters. The zero-order valence-electron chi connectivity index (χ0n) is 8.53. The van der Waals surface area contributed by atoms with E-state index in [1.54, 1.807) is 6.20 Å². The van der Waals surface area contributed by atoms with Crippen molar-refractivity contribution in [2.24, 2.45) is 11.7 Å². The first-order valence-corrected chi connectivity index (χ1v) is 5.31. The van der Waals surface area contributed by atoms with E-state index in [0.29, 0.717) is 23.1 Å². The van der Waals surface area contributed by atoms with Gasteiger partial charge in [-0.2, -0.15) is 0 Å². The summed E-state index contributed by atoms with van der Waals surface area (Å²) in [6.45, 7) is 2.80. The lowest BCUT2D eigenvalue weighted by Gasteiger charge is -2.08. The fourth-order valence-electron chi connectivity index (χ4n) is 1.60. The summed E-state index contributed by atoms with van der Waals surface area (Å²) in [5.41, 5.74) is 7.41. The molecule has 0 aliphatic carbocycles. The summed E-state index contributed by atoms with van der Waals surface area (Å²) in [5, 5.41) is 5.28. The minimum absolute atomic E-state index is 0.457. The molecule has 1 atom stereocenters. The average molecular weight is 225 g/mol. The van der Waals surface area contributed by atoms with Gasteiger partial charge in [-0.1, -0.05) is 23.7 Å². The molecule has 0 radical (unpaired) electrons. The Morgan fingerprint density at radius 1 is 1.53 bits per heavy atom. The summed E-state index contributed by atoms with van der Waals surface area (Å²) in [6, 6.07) is 3.96. The summed E-state index contributed by atoms with van der Waals surface area (Å²) in [6.07, 6.45) is 2.61. The van der Waals surface area contributed by atoms with Crippen LogP contribution in [0.2, 0.25) is 5.02 Å². The minimum atomic E-state index is 0.457. The summed E-state index contributed by atoms with van der Waals surface area (Å²) < 4.78 is 5.03. The second-order valence-electron chi connectivity index (χ2n) is 3.87. The highest BCUT2D eigenvalue weighted by Crippen LogP contribution is 2.26. The lowest BCUT2D eigenvalue weighted by Crippen LogP contribution is -2.12. The maximum absolute atomic E-state index is 6.07. The van der Waals surface area contributed by atoms with Crippen LogP contribution in [0.3, 0.4) is 0 Å². The van der Waals surface area contributed by atoms with Crippen LogP contribution in [0.1, 0.15) is 12.5 Å². The van der Waals surface area contributed by atoms with E-state index in [-0.39, 0.29) is 0 Å². The van der Waals surface area contributed by atoms with Gasteiger partial charge in [0.1, 0.15) is 0 Å². The van der Waals surface area contributed by atoms with Crippen molar-refractivity contribution in [3.05, 3.63) is 28.9 Å². The molecule has 2 rings (SSSR count). The zero-order valence-corrected chi connectivity index (χ0v) is 9.29. The summed E-state index contributed by atoms with van der Waals surface area (Å²) in [5.74, 6) is 0.457. The highest BCUT2D eigenvalue weighted by atomic mass is 35.5. The lowest BCUT2D eigenvalue weighted by molar-refractivity contribution is 0.456. The van der Waals surface area contributed by atoms with E-state index in [1.165, 1.54) is 5.56 Å². The first-order chi connectivity index (χ1) is 7.20. The van der Waals surface area contributed by atoms with Gasteiger partial charge in [0.05, 0.1) is 11.2 Å². The third-order valence-electron chi connectivity index (χ3n) is 2.45. The number of nitrogens with zero attached hydrogens (tertiary/aromatic N) is 1. The van der Waals surface area contributed by atoms with Crippen molar-refractivity contribution in [1.82, 2.24) is 5.16 Å². The Bertz CT molecular complexity index is 467. The monoisotopic (exact) mass is 224 g/mol. The van der Waals surface area contributed by atoms with Crippen LogP contribution in [0, 0.1) is 5.92 Å². The SMILES string of the molecule is CC(CN)Cc1cc(Cl)c2oncc2c1. The van der Waals surface area contributed by atoms with Gasteiger partial charge in [0.2, 0.25) is 0 Å². The van der Waals surface area contributed by atoms with E-state index < -0.39 is 0 Å². The maximum Gasteiger partial charge on any atom is 0.185 e. The molecule has 4 heteroatoms. The normalized spacial score (nSPS) is 13.3. The predicted molar refractivity (Wildman–Crippen MR) is 60.9 cm³/mol. The largest absolute Gasteiger partial charge is 0.355 e. The van der Waals surface area contributed by atoms with Gasteiger partial charge in [-0.3, -0.25) is 0 Å². The molecule has 1 aromatic heterocycles. The second-order valence-corrected chi connectivity index (χ2v) is 4.27. The molecule has 15 heavy (non-hydrogen) atoms. The molecule has 0 amide bonds. The van der Waals surface area contributed by atoms with Gasteiger partial charge < -0.3 is 10.3 Å². The number of fused-ring (bicyclic) bond motifs is 1. The van der Waals surface area contributed by atoms with Crippen molar-refractivity contribution in [2.45, 2.75) is 13.3 Å². The van der Waals surface area contributed by atoms with Crippen molar-refractivity contribution in [3.8, 4) is 0 Å². The number of nitrogens with two attached hydrogens (primary N) is 1. The first kappa shape index (κ1) is 10.5. The Morgan fingerprint density at radius 3 is 3.07 bits per heavy atom. The van der Waals surface area contributed by atoms with E-state index in [1.807, 2.05) is 12.1 Å². The van der Waals surface area contributed by atoms with Gasteiger partial charge in [-0.15, -0.1) is 0 Å². The molecule has 0 fully saturated rings. The Morgan fingerprint density at radius 2 is 2.33 bits per heavy atom. The van der Waals surface area contributed by atoms with Gasteiger partial charge in [-0.25, -0.2) is 0 Å². The Hall–Kier alpha value is -1.06. The molecular weight excluding hydrogens is 212 g/mol. The van der Waals surface area contributed by atoms with Crippen molar-refractivity contribution in [1.29, 1.82) is 0 Å². The fourth-order valence-corrected chi connectivity index (χ4v) is 1.89. The molecule has 1 aromatic carbocycles. The fraction of sp³-hybridized carbons (Fsp3) is 0.364. The zero-order chi connectivity index (χ0) is 10.8. The number of hydrogen-bond donors (Lipinski definition) is 1. The second kappa shape index (κ2) is 4.21. The van der Waals surface area contributed by atoms with E-state index in [0.717, 1.165) is 11.8 Å².